The maximum atomic E-state index is 4.99. The van der Waals surface area contributed by atoms with Crippen LogP contribution < -0.4 is 0 Å². The summed E-state index contributed by atoms with van der Waals surface area (Å²) in [5.41, 5.74) is 0. The van der Waals surface area contributed by atoms with Gasteiger partial charge in [-0.2, -0.15) is 0 Å². The van der Waals surface area contributed by atoms with Gasteiger partial charge < -0.3 is 4.98 Å². The minimum Gasteiger partial charge on any atom is -0.365 e. The molecular weight excluding hydrogens is 170 g/mol. The molecule has 0 fully saturated rings. The van der Waals surface area contributed by atoms with E-state index in [1.54, 1.807) is 22.7 Å². The molecule has 0 saturated carbocycles. The average Bonchev–Trinajstić information content (AvgIpc) is 2.22. The van der Waals surface area contributed by atoms with E-state index in [-0.39, 0.29) is 0 Å². The highest BCUT2D eigenvalue weighted by Gasteiger charge is 1.94. The van der Waals surface area contributed by atoms with Crippen LogP contribution in [0, 0.1) is 3.14 Å². The number of aromatic nitrogens is 1. The Bertz CT molecular complexity index is 335. The number of fused-ring (bicyclic) bond motifs is 1. The molecule has 0 radical (unpaired) electrons. The van der Waals surface area contributed by atoms with Crippen LogP contribution in [0.1, 0.15) is 0 Å². The monoisotopic (exact) mass is 173 g/mol. The fourth-order valence-corrected chi connectivity index (χ4v) is 3.12. The van der Waals surface area contributed by atoms with E-state index in [2.05, 4.69) is 4.98 Å². The maximum absolute atomic E-state index is 4.99. The third kappa shape index (κ3) is 0.831. The molecule has 0 bridgehead atoms. The highest BCUT2D eigenvalue weighted by molar-refractivity contribution is 7.77. The van der Waals surface area contributed by atoms with Crippen molar-refractivity contribution in [2.45, 2.75) is 0 Å². The molecule has 2 heterocycles. The first-order valence-corrected chi connectivity index (χ1v) is 4.47. The van der Waals surface area contributed by atoms with Crippen molar-refractivity contribution in [1.82, 2.24) is 4.98 Å². The standard InChI is InChI=1S/C5H3NS3/c7-5-8-3-1-6-2-4(3)9-5/h1-2,6H. The van der Waals surface area contributed by atoms with Crippen LogP contribution in [0.25, 0.3) is 9.40 Å². The lowest BCUT2D eigenvalue weighted by atomic mass is 10.7. The SMILES string of the molecule is S=c1sc2c[nH]cc2s1. The Morgan fingerprint density at radius 3 is 2.33 bits per heavy atom. The first kappa shape index (κ1) is 5.58. The second-order valence-corrected chi connectivity index (χ2v) is 4.93. The quantitative estimate of drug-likeness (QED) is 0.605. The number of nitrogens with one attached hydrogen (secondary N) is 1. The van der Waals surface area contributed by atoms with Crippen molar-refractivity contribution in [1.29, 1.82) is 0 Å². The third-order valence-corrected chi connectivity index (χ3v) is 3.64. The fraction of sp³-hybridized carbons (Fsp3) is 0. The molecule has 1 N–H and O–H groups in total. The van der Waals surface area contributed by atoms with Crippen LogP contribution in [0.2, 0.25) is 0 Å². The van der Waals surface area contributed by atoms with E-state index in [4.69, 9.17) is 12.2 Å². The molecule has 0 atom stereocenters. The molecule has 46 valence electrons. The van der Waals surface area contributed by atoms with Gasteiger partial charge >= 0.3 is 0 Å². The normalized spacial score (nSPS) is 10.7. The van der Waals surface area contributed by atoms with Gasteiger partial charge in [0.2, 0.25) is 0 Å². The first-order valence-electron chi connectivity index (χ1n) is 2.43. The second kappa shape index (κ2) is 1.90. The molecule has 4 heteroatoms. The molecule has 2 aromatic heterocycles. The van der Waals surface area contributed by atoms with Gasteiger partial charge in [-0.1, -0.05) is 12.2 Å². The third-order valence-electron chi connectivity index (χ3n) is 1.06. The highest BCUT2D eigenvalue weighted by atomic mass is 32.2. The number of hydrogen-bond donors (Lipinski definition) is 1. The predicted molar refractivity (Wildman–Crippen MR) is 44.9 cm³/mol. The Balaban J connectivity index is 3.08. The van der Waals surface area contributed by atoms with Crippen LogP contribution in [-0.2, 0) is 0 Å². The Morgan fingerprint density at radius 2 is 1.78 bits per heavy atom. The smallest absolute Gasteiger partial charge is 0.144 e. The molecular formula is C5H3NS3. The van der Waals surface area contributed by atoms with Crippen LogP contribution in [0.5, 0.6) is 0 Å². The van der Waals surface area contributed by atoms with E-state index in [9.17, 15) is 0 Å². The zero-order valence-corrected chi connectivity index (χ0v) is 6.83. The van der Waals surface area contributed by atoms with Crippen LogP contribution in [0.3, 0.4) is 0 Å². The Morgan fingerprint density at radius 1 is 1.22 bits per heavy atom. The molecule has 0 aliphatic heterocycles. The Hall–Kier alpha value is -0.190. The van der Waals surface area contributed by atoms with Crippen LogP contribution in [0.4, 0.5) is 0 Å². The van der Waals surface area contributed by atoms with Crippen molar-refractivity contribution >= 4 is 44.3 Å². The zero-order chi connectivity index (χ0) is 6.27. The molecule has 0 aliphatic rings. The van der Waals surface area contributed by atoms with Gasteiger partial charge in [0.25, 0.3) is 0 Å². The first-order chi connectivity index (χ1) is 4.36. The zero-order valence-electron chi connectivity index (χ0n) is 4.38. The minimum atomic E-state index is 1.01. The molecule has 0 spiro atoms. The van der Waals surface area contributed by atoms with Gasteiger partial charge in [0, 0.05) is 12.4 Å². The largest absolute Gasteiger partial charge is 0.365 e. The number of hydrogen-bond acceptors (Lipinski definition) is 3. The minimum absolute atomic E-state index is 1.01. The highest BCUT2D eigenvalue weighted by Crippen LogP contribution is 2.26. The van der Waals surface area contributed by atoms with E-state index >= 15 is 0 Å². The van der Waals surface area contributed by atoms with Gasteiger partial charge in [-0.3, -0.25) is 0 Å². The summed E-state index contributed by atoms with van der Waals surface area (Å²) in [6, 6.07) is 0. The van der Waals surface area contributed by atoms with Crippen LogP contribution in [0.15, 0.2) is 12.4 Å². The molecule has 0 amide bonds. The summed E-state index contributed by atoms with van der Waals surface area (Å²) in [5, 5.41) is 0. The average molecular weight is 173 g/mol. The molecule has 0 unspecified atom stereocenters. The van der Waals surface area contributed by atoms with Crippen molar-refractivity contribution in [3.63, 3.8) is 0 Å². The molecule has 0 aromatic carbocycles. The predicted octanol–water partition coefficient (Wildman–Crippen LogP) is 3.02. The summed E-state index contributed by atoms with van der Waals surface area (Å²) in [5.74, 6) is 0. The summed E-state index contributed by atoms with van der Waals surface area (Å²) in [6.07, 6.45) is 3.96. The van der Waals surface area contributed by atoms with Gasteiger partial charge in [0.1, 0.15) is 3.14 Å². The lowest BCUT2D eigenvalue weighted by Crippen LogP contribution is -1.42. The molecule has 0 saturated heterocycles. The van der Waals surface area contributed by atoms with E-state index in [1.165, 1.54) is 9.40 Å². The second-order valence-electron chi connectivity index (χ2n) is 1.64. The van der Waals surface area contributed by atoms with E-state index in [0.29, 0.717) is 0 Å². The number of aromatic amines is 1. The van der Waals surface area contributed by atoms with Crippen LogP contribution >= 0.6 is 34.9 Å². The van der Waals surface area contributed by atoms with Crippen molar-refractivity contribution in [2.75, 3.05) is 0 Å². The number of H-pyrrole nitrogens is 1. The van der Waals surface area contributed by atoms with Gasteiger partial charge in [-0.15, -0.1) is 22.7 Å². The molecule has 0 aliphatic carbocycles. The topological polar surface area (TPSA) is 15.8 Å². The Kier molecular flexibility index (Phi) is 1.18. The molecule has 1 nitrogen and oxygen atoms in total. The van der Waals surface area contributed by atoms with Gasteiger partial charge in [-0.25, -0.2) is 0 Å². The summed E-state index contributed by atoms with van der Waals surface area (Å²) in [6.45, 7) is 0. The molecule has 9 heavy (non-hydrogen) atoms. The van der Waals surface area contributed by atoms with Gasteiger partial charge in [-0.05, 0) is 0 Å². The maximum Gasteiger partial charge on any atom is 0.144 e. The summed E-state index contributed by atoms with van der Waals surface area (Å²) in [7, 11) is 0. The molecule has 2 aromatic rings. The Labute approximate surface area is 65.0 Å². The lowest BCUT2D eigenvalue weighted by molar-refractivity contribution is 1.43. The van der Waals surface area contributed by atoms with Gasteiger partial charge in [0.05, 0.1) is 9.40 Å². The van der Waals surface area contributed by atoms with E-state index in [0.717, 1.165) is 3.14 Å². The fourth-order valence-electron chi connectivity index (χ4n) is 0.695. The van der Waals surface area contributed by atoms with Crippen LogP contribution in [-0.4, -0.2) is 4.98 Å². The van der Waals surface area contributed by atoms with Crippen molar-refractivity contribution in [3.05, 3.63) is 15.5 Å². The summed E-state index contributed by atoms with van der Waals surface area (Å²) in [4.78, 5) is 3.02. The lowest BCUT2D eigenvalue weighted by Gasteiger charge is -1.61. The summed E-state index contributed by atoms with van der Waals surface area (Å²) >= 11 is 8.31. The van der Waals surface area contributed by atoms with E-state index < -0.39 is 0 Å². The number of rotatable bonds is 0. The van der Waals surface area contributed by atoms with Crippen molar-refractivity contribution in [3.8, 4) is 0 Å². The van der Waals surface area contributed by atoms with Crippen molar-refractivity contribution < 1.29 is 0 Å². The van der Waals surface area contributed by atoms with Gasteiger partial charge in [0.15, 0.2) is 0 Å². The van der Waals surface area contributed by atoms with E-state index in [1.807, 2.05) is 12.4 Å². The van der Waals surface area contributed by atoms with Crippen molar-refractivity contribution in [2.24, 2.45) is 0 Å². The summed E-state index contributed by atoms with van der Waals surface area (Å²) < 4.78 is 3.55. The molecule has 2 rings (SSSR count).